The van der Waals surface area contributed by atoms with E-state index < -0.39 is 0 Å². The van der Waals surface area contributed by atoms with Gasteiger partial charge in [-0.05, 0) is 36.7 Å². The summed E-state index contributed by atoms with van der Waals surface area (Å²) in [5.74, 6) is 1.77. The van der Waals surface area contributed by atoms with E-state index in [4.69, 9.17) is 4.74 Å². The highest BCUT2D eigenvalue weighted by molar-refractivity contribution is 5.38. The van der Waals surface area contributed by atoms with E-state index >= 15 is 0 Å². The van der Waals surface area contributed by atoms with E-state index in [1.807, 2.05) is 24.3 Å². The summed E-state index contributed by atoms with van der Waals surface area (Å²) in [6.45, 7) is 3.89. The van der Waals surface area contributed by atoms with Crippen molar-refractivity contribution < 1.29 is 9.84 Å². The normalized spacial score (nSPS) is 20.6. The molecule has 0 spiro atoms. The monoisotopic (exact) mass is 283 g/mol. The number of phenolic OH excluding ortho intramolecular Hbond substituents is 1. The first kappa shape index (κ1) is 14.0. The fourth-order valence-corrected chi connectivity index (χ4v) is 2.84. The minimum absolute atomic E-state index is 0.318. The van der Waals surface area contributed by atoms with E-state index in [9.17, 15) is 5.11 Å². The molecule has 3 rings (SSSR count). The van der Waals surface area contributed by atoms with Gasteiger partial charge in [-0.15, -0.1) is 0 Å². The molecule has 3 heteroatoms. The Hall–Kier alpha value is -2.00. The minimum atomic E-state index is 0.318. The third-order valence-electron chi connectivity index (χ3n) is 4.04. The molecule has 0 saturated heterocycles. The van der Waals surface area contributed by atoms with Crippen molar-refractivity contribution in [3.05, 3.63) is 59.7 Å². The fraction of sp³-hybridized carbons (Fsp3) is 0.333. The number of hydrogen-bond donors (Lipinski definition) is 2. The second-order valence-electron chi connectivity index (χ2n) is 5.67. The summed E-state index contributed by atoms with van der Waals surface area (Å²) in [5, 5.41) is 12.9. The zero-order chi connectivity index (χ0) is 14.7. The molecule has 0 amide bonds. The smallest absolute Gasteiger partial charge is 0.124 e. The number of phenols is 1. The van der Waals surface area contributed by atoms with Gasteiger partial charge < -0.3 is 15.2 Å². The molecular weight excluding hydrogens is 262 g/mol. The molecule has 0 radical (unpaired) electrons. The second-order valence-corrected chi connectivity index (χ2v) is 5.67. The Morgan fingerprint density at radius 3 is 2.71 bits per heavy atom. The van der Waals surface area contributed by atoms with E-state index in [0.29, 0.717) is 17.7 Å². The summed E-state index contributed by atoms with van der Waals surface area (Å²) in [4.78, 5) is 0. The summed E-state index contributed by atoms with van der Waals surface area (Å²) < 4.78 is 5.78. The number of benzene rings is 2. The Balaban J connectivity index is 1.63. The third kappa shape index (κ3) is 3.19. The Morgan fingerprint density at radius 2 is 1.90 bits per heavy atom. The molecule has 0 bridgehead atoms. The zero-order valence-corrected chi connectivity index (χ0v) is 12.3. The van der Waals surface area contributed by atoms with E-state index in [1.54, 1.807) is 12.1 Å². The van der Waals surface area contributed by atoms with Crippen LogP contribution in [0.5, 0.6) is 11.5 Å². The topological polar surface area (TPSA) is 41.5 Å². The van der Waals surface area contributed by atoms with E-state index in [2.05, 4.69) is 24.4 Å². The number of nitrogens with one attached hydrogen (secondary N) is 1. The third-order valence-corrected chi connectivity index (χ3v) is 4.04. The first-order chi connectivity index (χ1) is 10.2. The lowest BCUT2D eigenvalue weighted by Gasteiger charge is -2.32. The average molecular weight is 283 g/mol. The molecule has 0 aromatic heterocycles. The largest absolute Gasteiger partial charge is 0.508 e. The quantitative estimate of drug-likeness (QED) is 0.904. The van der Waals surface area contributed by atoms with Crippen molar-refractivity contribution >= 4 is 0 Å². The van der Waals surface area contributed by atoms with Gasteiger partial charge in [-0.1, -0.05) is 37.3 Å². The molecule has 2 atom stereocenters. The number of para-hydroxylation sites is 1. The van der Waals surface area contributed by atoms with Gasteiger partial charge in [-0.2, -0.15) is 0 Å². The molecular formula is C18H21NO2. The maximum Gasteiger partial charge on any atom is 0.124 e. The van der Waals surface area contributed by atoms with Crippen molar-refractivity contribution in [2.75, 3.05) is 13.2 Å². The van der Waals surface area contributed by atoms with E-state index in [0.717, 1.165) is 25.3 Å². The van der Waals surface area contributed by atoms with Gasteiger partial charge in [0.05, 0.1) is 6.61 Å². The molecule has 1 aliphatic heterocycles. The predicted molar refractivity (Wildman–Crippen MR) is 83.7 cm³/mol. The summed E-state index contributed by atoms with van der Waals surface area (Å²) in [5.41, 5.74) is 2.48. The molecule has 0 aliphatic carbocycles. The maximum absolute atomic E-state index is 9.30. The average Bonchev–Trinajstić information content (AvgIpc) is 2.51. The van der Waals surface area contributed by atoms with Crippen LogP contribution in [-0.2, 0) is 6.42 Å². The first-order valence-corrected chi connectivity index (χ1v) is 7.47. The molecule has 0 fully saturated rings. The number of ether oxygens (including phenoxy) is 1. The van der Waals surface area contributed by atoms with Gasteiger partial charge in [0, 0.05) is 17.5 Å². The van der Waals surface area contributed by atoms with Crippen molar-refractivity contribution in [1.29, 1.82) is 0 Å². The van der Waals surface area contributed by atoms with Crippen molar-refractivity contribution in [3.63, 3.8) is 0 Å². The molecule has 2 aromatic rings. The van der Waals surface area contributed by atoms with Crippen LogP contribution in [0.4, 0.5) is 0 Å². The first-order valence-electron chi connectivity index (χ1n) is 7.47. The molecule has 3 nitrogen and oxygen atoms in total. The number of aromatic hydroxyl groups is 1. The van der Waals surface area contributed by atoms with E-state index in [-0.39, 0.29) is 0 Å². The molecule has 0 saturated carbocycles. The molecule has 21 heavy (non-hydrogen) atoms. The predicted octanol–water partition coefficient (Wildman–Crippen LogP) is 3.29. The highest BCUT2D eigenvalue weighted by atomic mass is 16.5. The van der Waals surface area contributed by atoms with Crippen LogP contribution < -0.4 is 10.1 Å². The van der Waals surface area contributed by atoms with Gasteiger partial charge in [0.25, 0.3) is 0 Å². The van der Waals surface area contributed by atoms with Gasteiger partial charge in [-0.25, -0.2) is 0 Å². The number of fused-ring (bicyclic) bond motifs is 1. The number of rotatable bonds is 4. The van der Waals surface area contributed by atoms with Crippen LogP contribution in [0, 0.1) is 5.92 Å². The van der Waals surface area contributed by atoms with Gasteiger partial charge in [0.1, 0.15) is 11.5 Å². The zero-order valence-electron chi connectivity index (χ0n) is 12.3. The second kappa shape index (κ2) is 6.19. The van der Waals surface area contributed by atoms with Crippen molar-refractivity contribution in [2.45, 2.75) is 19.4 Å². The van der Waals surface area contributed by atoms with Crippen molar-refractivity contribution in [1.82, 2.24) is 5.32 Å². The van der Waals surface area contributed by atoms with Crippen molar-refractivity contribution in [3.8, 4) is 11.5 Å². The summed E-state index contributed by atoms with van der Waals surface area (Å²) >= 11 is 0. The van der Waals surface area contributed by atoms with Crippen molar-refractivity contribution in [2.24, 2.45) is 5.92 Å². The Labute approximate surface area is 125 Å². The van der Waals surface area contributed by atoms with Crippen LogP contribution in [0.25, 0.3) is 0 Å². The minimum Gasteiger partial charge on any atom is -0.508 e. The molecule has 2 aromatic carbocycles. The lowest BCUT2D eigenvalue weighted by Crippen LogP contribution is -2.35. The lowest BCUT2D eigenvalue weighted by atomic mass is 9.92. The SMILES string of the molecule is CC1COc2ccccc2C1NCCc1ccc(O)cc1. The van der Waals surface area contributed by atoms with Gasteiger partial charge in [0.15, 0.2) is 0 Å². The van der Waals surface area contributed by atoms with E-state index in [1.165, 1.54) is 11.1 Å². The standard InChI is InChI=1S/C18H21NO2/c1-13-12-21-17-5-3-2-4-16(17)18(13)19-11-10-14-6-8-15(20)9-7-14/h2-9,13,18-20H,10-12H2,1H3. The summed E-state index contributed by atoms with van der Waals surface area (Å²) in [6, 6.07) is 16.0. The van der Waals surface area contributed by atoms with Crippen LogP contribution in [-0.4, -0.2) is 18.3 Å². The van der Waals surface area contributed by atoms with Crippen LogP contribution in [0.3, 0.4) is 0 Å². The molecule has 1 heterocycles. The summed E-state index contributed by atoms with van der Waals surface area (Å²) in [6.07, 6.45) is 0.951. The molecule has 2 N–H and O–H groups in total. The highest BCUT2D eigenvalue weighted by Crippen LogP contribution is 2.34. The highest BCUT2D eigenvalue weighted by Gasteiger charge is 2.26. The Morgan fingerprint density at radius 1 is 1.14 bits per heavy atom. The number of hydrogen-bond acceptors (Lipinski definition) is 3. The summed E-state index contributed by atoms with van der Waals surface area (Å²) in [7, 11) is 0. The maximum atomic E-state index is 9.30. The van der Waals surface area contributed by atoms with Gasteiger partial charge >= 0.3 is 0 Å². The van der Waals surface area contributed by atoms with Crippen LogP contribution in [0.15, 0.2) is 48.5 Å². The van der Waals surface area contributed by atoms with Crippen LogP contribution in [0.2, 0.25) is 0 Å². The molecule has 110 valence electrons. The van der Waals surface area contributed by atoms with Crippen LogP contribution >= 0.6 is 0 Å². The van der Waals surface area contributed by atoms with Crippen LogP contribution in [0.1, 0.15) is 24.1 Å². The van der Waals surface area contributed by atoms with Gasteiger partial charge in [-0.3, -0.25) is 0 Å². The van der Waals surface area contributed by atoms with Gasteiger partial charge in [0.2, 0.25) is 0 Å². The lowest BCUT2D eigenvalue weighted by molar-refractivity contribution is 0.189. The fourth-order valence-electron chi connectivity index (χ4n) is 2.84. The Kier molecular flexibility index (Phi) is 4.11. The molecule has 1 aliphatic rings. The Bertz CT molecular complexity index is 594. The molecule has 2 unspecified atom stereocenters.